The first kappa shape index (κ1) is 16.2. The smallest absolute Gasteiger partial charge is 0.123 e. The standard InChI is InChI=1S/C16H25FN2O2/c1-11(8-14-10-21-7-6-18-14)19-12(2)15-9-13(17)4-5-16(15)20-3/h4-5,9,11-12,14,18-19H,6-8,10H2,1-3H3. The number of morpholine rings is 1. The molecule has 3 atom stereocenters. The Morgan fingerprint density at radius 1 is 1.48 bits per heavy atom. The van der Waals surface area contributed by atoms with Gasteiger partial charge in [-0.1, -0.05) is 0 Å². The normalized spacial score (nSPS) is 21.8. The molecule has 0 amide bonds. The molecule has 0 aromatic heterocycles. The molecule has 1 saturated heterocycles. The lowest BCUT2D eigenvalue weighted by Gasteiger charge is -2.28. The largest absolute Gasteiger partial charge is 0.496 e. The molecule has 3 unspecified atom stereocenters. The lowest BCUT2D eigenvalue weighted by molar-refractivity contribution is 0.0708. The average Bonchev–Trinajstić information content (AvgIpc) is 2.48. The molecule has 2 rings (SSSR count). The molecule has 21 heavy (non-hydrogen) atoms. The number of rotatable bonds is 6. The Morgan fingerprint density at radius 2 is 2.29 bits per heavy atom. The van der Waals surface area contributed by atoms with Crippen LogP contribution in [0.4, 0.5) is 4.39 Å². The zero-order valence-electron chi connectivity index (χ0n) is 13.0. The second-order valence-corrected chi connectivity index (χ2v) is 5.64. The van der Waals surface area contributed by atoms with Crippen molar-refractivity contribution in [2.45, 2.75) is 38.4 Å². The molecule has 0 saturated carbocycles. The predicted molar refractivity (Wildman–Crippen MR) is 81.2 cm³/mol. The van der Waals surface area contributed by atoms with Crippen LogP contribution in [0.25, 0.3) is 0 Å². The van der Waals surface area contributed by atoms with E-state index in [4.69, 9.17) is 9.47 Å². The maximum atomic E-state index is 13.4. The average molecular weight is 296 g/mol. The van der Waals surface area contributed by atoms with E-state index in [1.807, 2.05) is 6.92 Å². The van der Waals surface area contributed by atoms with Gasteiger partial charge in [-0.05, 0) is 38.5 Å². The van der Waals surface area contributed by atoms with Crippen LogP contribution in [0.2, 0.25) is 0 Å². The molecule has 0 spiro atoms. The van der Waals surface area contributed by atoms with Crippen molar-refractivity contribution in [3.63, 3.8) is 0 Å². The van der Waals surface area contributed by atoms with Crippen LogP contribution in [0, 0.1) is 5.82 Å². The van der Waals surface area contributed by atoms with E-state index >= 15 is 0 Å². The molecule has 0 aliphatic carbocycles. The van der Waals surface area contributed by atoms with E-state index in [0.717, 1.165) is 31.7 Å². The molecule has 1 aliphatic rings. The second-order valence-electron chi connectivity index (χ2n) is 5.64. The number of nitrogens with one attached hydrogen (secondary N) is 2. The van der Waals surface area contributed by atoms with Gasteiger partial charge in [-0.3, -0.25) is 0 Å². The van der Waals surface area contributed by atoms with Gasteiger partial charge < -0.3 is 20.1 Å². The van der Waals surface area contributed by atoms with Crippen LogP contribution in [0.1, 0.15) is 31.9 Å². The van der Waals surface area contributed by atoms with Crippen LogP contribution < -0.4 is 15.4 Å². The van der Waals surface area contributed by atoms with E-state index in [0.29, 0.717) is 17.8 Å². The van der Waals surface area contributed by atoms with Crippen molar-refractivity contribution in [2.75, 3.05) is 26.9 Å². The third-order valence-corrected chi connectivity index (χ3v) is 3.83. The Balaban J connectivity index is 1.93. The van der Waals surface area contributed by atoms with Gasteiger partial charge in [-0.25, -0.2) is 4.39 Å². The fourth-order valence-electron chi connectivity index (χ4n) is 2.83. The van der Waals surface area contributed by atoms with Crippen molar-refractivity contribution in [3.8, 4) is 5.75 Å². The summed E-state index contributed by atoms with van der Waals surface area (Å²) in [6, 6.07) is 5.32. The first-order chi connectivity index (χ1) is 10.1. The number of ether oxygens (including phenoxy) is 2. The fraction of sp³-hybridized carbons (Fsp3) is 0.625. The summed E-state index contributed by atoms with van der Waals surface area (Å²) in [6.07, 6.45) is 0.974. The van der Waals surface area contributed by atoms with E-state index < -0.39 is 0 Å². The molecule has 1 aromatic rings. The van der Waals surface area contributed by atoms with Crippen LogP contribution in [0.3, 0.4) is 0 Å². The number of benzene rings is 1. The second kappa shape index (κ2) is 7.73. The summed E-state index contributed by atoms with van der Waals surface area (Å²) in [4.78, 5) is 0. The molecule has 5 heteroatoms. The number of hydrogen-bond acceptors (Lipinski definition) is 4. The molecular weight excluding hydrogens is 271 g/mol. The van der Waals surface area contributed by atoms with Crippen LogP contribution in [0.15, 0.2) is 18.2 Å². The molecule has 0 radical (unpaired) electrons. The van der Waals surface area contributed by atoms with Gasteiger partial charge in [0.1, 0.15) is 11.6 Å². The predicted octanol–water partition coefficient (Wildman–Crippen LogP) is 2.25. The maximum Gasteiger partial charge on any atom is 0.123 e. The first-order valence-electron chi connectivity index (χ1n) is 7.50. The summed E-state index contributed by atoms with van der Waals surface area (Å²) < 4.78 is 24.2. The summed E-state index contributed by atoms with van der Waals surface area (Å²) >= 11 is 0. The van der Waals surface area contributed by atoms with Gasteiger partial charge in [0.2, 0.25) is 0 Å². The monoisotopic (exact) mass is 296 g/mol. The van der Waals surface area contributed by atoms with Crippen LogP contribution in [-0.4, -0.2) is 39.0 Å². The van der Waals surface area contributed by atoms with Gasteiger partial charge in [0.05, 0.1) is 20.3 Å². The Labute approximate surface area is 126 Å². The molecule has 1 aromatic carbocycles. The van der Waals surface area contributed by atoms with Crippen molar-refractivity contribution in [1.29, 1.82) is 0 Å². The Morgan fingerprint density at radius 3 is 2.95 bits per heavy atom. The highest BCUT2D eigenvalue weighted by Gasteiger charge is 2.19. The van der Waals surface area contributed by atoms with Crippen molar-refractivity contribution in [2.24, 2.45) is 0 Å². The first-order valence-corrected chi connectivity index (χ1v) is 7.50. The molecule has 2 N–H and O–H groups in total. The zero-order valence-corrected chi connectivity index (χ0v) is 13.0. The van der Waals surface area contributed by atoms with E-state index in [1.165, 1.54) is 12.1 Å². The van der Waals surface area contributed by atoms with Gasteiger partial charge in [-0.15, -0.1) is 0 Å². The Bertz CT molecular complexity index is 450. The molecule has 1 heterocycles. The van der Waals surface area contributed by atoms with Crippen LogP contribution in [-0.2, 0) is 4.74 Å². The summed E-state index contributed by atoms with van der Waals surface area (Å²) in [5.74, 6) is 0.470. The highest BCUT2D eigenvalue weighted by Crippen LogP contribution is 2.26. The molecular formula is C16H25FN2O2. The van der Waals surface area contributed by atoms with Crippen LogP contribution in [0.5, 0.6) is 5.75 Å². The van der Waals surface area contributed by atoms with Crippen molar-refractivity contribution < 1.29 is 13.9 Å². The molecule has 0 bridgehead atoms. The van der Waals surface area contributed by atoms with Gasteiger partial charge in [0.15, 0.2) is 0 Å². The van der Waals surface area contributed by atoms with E-state index in [2.05, 4.69) is 17.6 Å². The summed E-state index contributed by atoms with van der Waals surface area (Å²) in [6.45, 7) is 6.61. The minimum atomic E-state index is -0.241. The summed E-state index contributed by atoms with van der Waals surface area (Å²) in [7, 11) is 1.61. The highest BCUT2D eigenvalue weighted by atomic mass is 19.1. The Kier molecular flexibility index (Phi) is 5.96. The molecule has 1 aliphatic heterocycles. The topological polar surface area (TPSA) is 42.5 Å². The van der Waals surface area contributed by atoms with Crippen molar-refractivity contribution in [1.82, 2.24) is 10.6 Å². The van der Waals surface area contributed by atoms with E-state index in [-0.39, 0.29) is 11.9 Å². The van der Waals surface area contributed by atoms with Crippen molar-refractivity contribution >= 4 is 0 Å². The molecule has 4 nitrogen and oxygen atoms in total. The maximum absolute atomic E-state index is 13.4. The minimum Gasteiger partial charge on any atom is -0.496 e. The number of hydrogen-bond donors (Lipinski definition) is 2. The Hall–Kier alpha value is -1.17. The highest BCUT2D eigenvalue weighted by molar-refractivity contribution is 5.36. The van der Waals surface area contributed by atoms with Gasteiger partial charge in [0, 0.05) is 30.2 Å². The number of halogens is 1. The SMILES string of the molecule is COc1ccc(F)cc1C(C)NC(C)CC1COCCN1. The van der Waals surface area contributed by atoms with E-state index in [1.54, 1.807) is 13.2 Å². The molecule has 1 fully saturated rings. The zero-order chi connectivity index (χ0) is 15.2. The lowest BCUT2D eigenvalue weighted by Crippen LogP contribution is -2.45. The third-order valence-electron chi connectivity index (χ3n) is 3.83. The van der Waals surface area contributed by atoms with Gasteiger partial charge in [-0.2, -0.15) is 0 Å². The minimum absolute atomic E-state index is 0.0233. The lowest BCUT2D eigenvalue weighted by atomic mass is 10.0. The number of methoxy groups -OCH3 is 1. The van der Waals surface area contributed by atoms with Crippen LogP contribution >= 0.6 is 0 Å². The van der Waals surface area contributed by atoms with Crippen molar-refractivity contribution in [3.05, 3.63) is 29.6 Å². The van der Waals surface area contributed by atoms with Gasteiger partial charge in [0.25, 0.3) is 0 Å². The van der Waals surface area contributed by atoms with E-state index in [9.17, 15) is 4.39 Å². The quantitative estimate of drug-likeness (QED) is 0.845. The van der Waals surface area contributed by atoms with Gasteiger partial charge >= 0.3 is 0 Å². The summed E-state index contributed by atoms with van der Waals surface area (Å²) in [5, 5.41) is 6.95. The fourth-order valence-corrected chi connectivity index (χ4v) is 2.83. The third kappa shape index (κ3) is 4.66. The molecule has 118 valence electrons. The summed E-state index contributed by atoms with van der Waals surface area (Å²) in [5.41, 5.74) is 0.845.